The minimum absolute atomic E-state index is 0.0689. The van der Waals surface area contributed by atoms with Crippen LogP contribution in [0.2, 0.25) is 0 Å². The van der Waals surface area contributed by atoms with E-state index in [9.17, 15) is 9.18 Å². The van der Waals surface area contributed by atoms with Crippen molar-refractivity contribution in [2.75, 3.05) is 13.2 Å². The maximum atomic E-state index is 13.0. The van der Waals surface area contributed by atoms with Gasteiger partial charge >= 0.3 is 0 Å². The molecule has 1 atom stereocenters. The topological polar surface area (TPSA) is 49.3 Å². The molecule has 1 rings (SSSR count). The molecule has 94 valence electrons. The largest absolute Gasteiger partial charge is 0.395 e. The highest BCUT2D eigenvalue weighted by Gasteiger charge is 2.13. The fourth-order valence-electron chi connectivity index (χ4n) is 1.47. The van der Waals surface area contributed by atoms with Gasteiger partial charge in [0.05, 0.1) is 11.1 Å². The molecule has 0 saturated carbocycles. The van der Waals surface area contributed by atoms with E-state index in [1.165, 1.54) is 6.07 Å². The van der Waals surface area contributed by atoms with Crippen molar-refractivity contribution in [2.24, 2.45) is 5.92 Å². The van der Waals surface area contributed by atoms with Crippen molar-refractivity contribution in [3.63, 3.8) is 0 Å². The number of carbonyl (C=O) groups is 1. The smallest absolute Gasteiger partial charge is 0.223 e. The van der Waals surface area contributed by atoms with Gasteiger partial charge in [0, 0.05) is 12.5 Å². The van der Waals surface area contributed by atoms with Crippen LogP contribution in [-0.4, -0.2) is 24.2 Å². The Labute approximate surface area is 108 Å². The first-order valence-corrected chi connectivity index (χ1v) is 6.16. The minimum Gasteiger partial charge on any atom is -0.395 e. The van der Waals surface area contributed by atoms with Crippen LogP contribution in [0.25, 0.3) is 0 Å². The SMILES string of the molecule is CC(Cc1ccc(F)c(Br)c1)C(=O)NCCO. The lowest BCUT2D eigenvalue weighted by Gasteiger charge is -2.11. The molecular weight excluding hydrogens is 289 g/mol. The van der Waals surface area contributed by atoms with E-state index in [0.717, 1.165) is 5.56 Å². The molecule has 2 N–H and O–H groups in total. The number of carbonyl (C=O) groups excluding carboxylic acids is 1. The van der Waals surface area contributed by atoms with E-state index in [0.29, 0.717) is 10.9 Å². The van der Waals surface area contributed by atoms with E-state index in [1.54, 1.807) is 19.1 Å². The molecule has 17 heavy (non-hydrogen) atoms. The van der Waals surface area contributed by atoms with Crippen LogP contribution < -0.4 is 5.32 Å². The molecule has 0 radical (unpaired) electrons. The molecule has 1 aromatic carbocycles. The molecule has 0 saturated heterocycles. The van der Waals surface area contributed by atoms with Gasteiger partial charge in [0.1, 0.15) is 5.82 Å². The molecule has 1 unspecified atom stereocenters. The summed E-state index contributed by atoms with van der Waals surface area (Å²) in [5.74, 6) is -0.635. The predicted octanol–water partition coefficient (Wildman–Crippen LogP) is 1.88. The zero-order valence-electron chi connectivity index (χ0n) is 9.54. The van der Waals surface area contributed by atoms with Crippen molar-refractivity contribution in [3.05, 3.63) is 34.1 Å². The number of amides is 1. The van der Waals surface area contributed by atoms with Crippen LogP contribution >= 0.6 is 15.9 Å². The molecule has 3 nitrogen and oxygen atoms in total. The molecule has 1 amide bonds. The van der Waals surface area contributed by atoms with E-state index in [1.807, 2.05) is 0 Å². The Morgan fingerprint density at radius 3 is 2.88 bits per heavy atom. The van der Waals surface area contributed by atoms with E-state index < -0.39 is 0 Å². The van der Waals surface area contributed by atoms with Crippen molar-refractivity contribution < 1.29 is 14.3 Å². The number of halogens is 2. The van der Waals surface area contributed by atoms with Crippen LogP contribution in [0.4, 0.5) is 4.39 Å². The Morgan fingerprint density at radius 1 is 1.59 bits per heavy atom. The van der Waals surface area contributed by atoms with Crippen molar-refractivity contribution >= 4 is 21.8 Å². The van der Waals surface area contributed by atoms with E-state index in [2.05, 4.69) is 21.2 Å². The Hall–Kier alpha value is -0.940. The first-order chi connectivity index (χ1) is 8.04. The summed E-state index contributed by atoms with van der Waals surface area (Å²) in [6.45, 7) is 1.99. The Balaban J connectivity index is 2.58. The van der Waals surface area contributed by atoms with Gasteiger partial charge < -0.3 is 10.4 Å². The third kappa shape index (κ3) is 4.44. The van der Waals surface area contributed by atoms with Crippen LogP contribution in [0, 0.1) is 11.7 Å². The number of aliphatic hydroxyl groups is 1. The number of nitrogens with one attached hydrogen (secondary N) is 1. The summed E-state index contributed by atoms with van der Waals surface area (Å²) >= 11 is 3.11. The van der Waals surface area contributed by atoms with Gasteiger partial charge in [0.15, 0.2) is 0 Å². The van der Waals surface area contributed by atoms with Gasteiger partial charge in [-0.3, -0.25) is 4.79 Å². The lowest BCUT2D eigenvalue weighted by molar-refractivity contribution is -0.124. The second-order valence-electron chi connectivity index (χ2n) is 3.87. The highest BCUT2D eigenvalue weighted by Crippen LogP contribution is 2.19. The first-order valence-electron chi connectivity index (χ1n) is 5.37. The molecule has 0 bridgehead atoms. The van der Waals surface area contributed by atoms with Crippen LogP contribution in [0.3, 0.4) is 0 Å². The molecule has 0 aliphatic heterocycles. The predicted molar refractivity (Wildman–Crippen MR) is 67.1 cm³/mol. The first kappa shape index (κ1) is 14.1. The molecule has 0 aromatic heterocycles. The molecule has 0 heterocycles. The maximum Gasteiger partial charge on any atom is 0.223 e. The lowest BCUT2D eigenvalue weighted by Crippen LogP contribution is -2.32. The highest BCUT2D eigenvalue weighted by molar-refractivity contribution is 9.10. The average molecular weight is 304 g/mol. The summed E-state index contributed by atoms with van der Waals surface area (Å²) < 4.78 is 13.4. The summed E-state index contributed by atoms with van der Waals surface area (Å²) in [5.41, 5.74) is 0.893. The van der Waals surface area contributed by atoms with E-state index in [-0.39, 0.29) is 30.8 Å². The fraction of sp³-hybridized carbons (Fsp3) is 0.417. The molecule has 1 aromatic rings. The van der Waals surface area contributed by atoms with Gasteiger partial charge in [-0.1, -0.05) is 13.0 Å². The number of benzene rings is 1. The monoisotopic (exact) mass is 303 g/mol. The quantitative estimate of drug-likeness (QED) is 0.872. The van der Waals surface area contributed by atoms with E-state index >= 15 is 0 Å². The molecule has 5 heteroatoms. The van der Waals surface area contributed by atoms with Gasteiger partial charge in [-0.25, -0.2) is 4.39 Å². The third-order valence-electron chi connectivity index (χ3n) is 2.38. The summed E-state index contributed by atoms with van der Waals surface area (Å²) in [6.07, 6.45) is 0.538. The molecule has 0 spiro atoms. The maximum absolute atomic E-state index is 13.0. The fourth-order valence-corrected chi connectivity index (χ4v) is 1.89. The molecule has 0 aliphatic rings. The van der Waals surface area contributed by atoms with Crippen LogP contribution in [0.5, 0.6) is 0 Å². The summed E-state index contributed by atoms with van der Waals surface area (Å²) in [5, 5.41) is 11.2. The highest BCUT2D eigenvalue weighted by atomic mass is 79.9. The second kappa shape index (κ2) is 6.71. The summed E-state index contributed by atoms with van der Waals surface area (Å²) in [6, 6.07) is 4.71. The Bertz CT molecular complexity index is 398. The minimum atomic E-state index is -0.314. The van der Waals surface area contributed by atoms with Gasteiger partial charge in [-0.05, 0) is 40.0 Å². The number of aliphatic hydroxyl groups excluding tert-OH is 1. The second-order valence-corrected chi connectivity index (χ2v) is 4.72. The number of hydrogen-bond donors (Lipinski definition) is 2. The molecule has 0 fully saturated rings. The third-order valence-corrected chi connectivity index (χ3v) is 2.99. The van der Waals surface area contributed by atoms with Crippen LogP contribution in [-0.2, 0) is 11.2 Å². The average Bonchev–Trinajstić information content (AvgIpc) is 2.30. The van der Waals surface area contributed by atoms with Gasteiger partial charge in [-0.15, -0.1) is 0 Å². The van der Waals surface area contributed by atoms with Crippen molar-refractivity contribution in [3.8, 4) is 0 Å². The van der Waals surface area contributed by atoms with Gasteiger partial charge in [0.25, 0.3) is 0 Å². The van der Waals surface area contributed by atoms with Crippen LogP contribution in [0.1, 0.15) is 12.5 Å². The van der Waals surface area contributed by atoms with E-state index in [4.69, 9.17) is 5.11 Å². The van der Waals surface area contributed by atoms with Gasteiger partial charge in [0.2, 0.25) is 5.91 Å². The summed E-state index contributed by atoms with van der Waals surface area (Å²) in [4.78, 5) is 11.6. The number of hydrogen-bond acceptors (Lipinski definition) is 2. The van der Waals surface area contributed by atoms with Crippen LogP contribution in [0.15, 0.2) is 22.7 Å². The van der Waals surface area contributed by atoms with Gasteiger partial charge in [-0.2, -0.15) is 0 Å². The summed E-state index contributed by atoms with van der Waals surface area (Å²) in [7, 11) is 0. The standard InChI is InChI=1S/C12H15BrFNO2/c1-8(12(17)15-4-5-16)6-9-2-3-11(14)10(13)7-9/h2-3,7-8,16H,4-6H2,1H3,(H,15,17). The lowest BCUT2D eigenvalue weighted by atomic mass is 10.0. The molecular formula is C12H15BrFNO2. The Kier molecular flexibility index (Phi) is 5.58. The zero-order valence-corrected chi connectivity index (χ0v) is 11.1. The van der Waals surface area contributed by atoms with Crippen molar-refractivity contribution in [1.29, 1.82) is 0 Å². The zero-order chi connectivity index (χ0) is 12.8. The van der Waals surface area contributed by atoms with Crippen molar-refractivity contribution in [2.45, 2.75) is 13.3 Å². The number of rotatable bonds is 5. The molecule has 0 aliphatic carbocycles. The van der Waals surface area contributed by atoms with Crippen molar-refractivity contribution in [1.82, 2.24) is 5.32 Å². The normalized spacial score (nSPS) is 12.2. The Morgan fingerprint density at radius 2 is 2.29 bits per heavy atom.